The van der Waals surface area contributed by atoms with Gasteiger partial charge >= 0.3 is 12.1 Å². The van der Waals surface area contributed by atoms with Crippen LogP contribution < -0.4 is 5.32 Å². The van der Waals surface area contributed by atoms with Crippen molar-refractivity contribution in [1.29, 1.82) is 0 Å². The van der Waals surface area contributed by atoms with E-state index in [0.717, 1.165) is 16.0 Å². The number of hydrogen-bond acceptors (Lipinski definition) is 5. The number of amides is 2. The van der Waals surface area contributed by atoms with Gasteiger partial charge in [-0.05, 0) is 11.1 Å². The molecule has 7 nitrogen and oxygen atoms in total. The first kappa shape index (κ1) is 21.9. The summed E-state index contributed by atoms with van der Waals surface area (Å²) in [5, 5.41) is 2.74. The molecule has 29 heavy (non-hydrogen) atoms. The quantitative estimate of drug-likeness (QED) is 0.518. The number of nitrogens with one attached hydrogen (secondary N) is 1. The van der Waals surface area contributed by atoms with Gasteiger partial charge in [-0.15, -0.1) is 0 Å². The van der Waals surface area contributed by atoms with Crippen molar-refractivity contribution in [3.05, 3.63) is 71.8 Å². The van der Waals surface area contributed by atoms with Crippen LogP contribution in [-0.2, 0) is 32.2 Å². The van der Waals surface area contributed by atoms with Crippen LogP contribution in [0.5, 0.6) is 0 Å². The van der Waals surface area contributed by atoms with E-state index in [1.165, 1.54) is 0 Å². The molecule has 0 radical (unpaired) electrons. The van der Waals surface area contributed by atoms with Gasteiger partial charge in [-0.25, -0.2) is 4.79 Å². The Morgan fingerprint density at radius 3 is 2.07 bits per heavy atom. The van der Waals surface area contributed by atoms with Gasteiger partial charge in [0.15, 0.2) is 6.73 Å². The maximum Gasteiger partial charge on any atom is 0.413 e. The number of carbonyl (C=O) groups excluding carboxylic acids is 3. The van der Waals surface area contributed by atoms with Crippen molar-refractivity contribution in [2.45, 2.75) is 27.0 Å². The van der Waals surface area contributed by atoms with Crippen LogP contribution >= 0.6 is 0 Å². The lowest BCUT2D eigenvalue weighted by Crippen LogP contribution is -2.42. The van der Waals surface area contributed by atoms with Crippen molar-refractivity contribution < 1.29 is 23.9 Å². The molecule has 0 bridgehead atoms. The molecule has 0 spiro atoms. The smallest absolute Gasteiger partial charge is 0.413 e. The molecular formula is C22H26N2O5. The molecule has 154 valence electrons. The zero-order valence-electron chi connectivity index (χ0n) is 16.7. The molecule has 0 atom stereocenters. The Kier molecular flexibility index (Phi) is 8.69. The van der Waals surface area contributed by atoms with Crippen molar-refractivity contribution in [2.24, 2.45) is 5.92 Å². The van der Waals surface area contributed by atoms with E-state index < -0.39 is 12.1 Å². The molecule has 1 N–H and O–H groups in total. The van der Waals surface area contributed by atoms with Gasteiger partial charge in [-0.2, -0.15) is 0 Å². The van der Waals surface area contributed by atoms with Gasteiger partial charge in [0.1, 0.15) is 13.2 Å². The second-order valence-electron chi connectivity index (χ2n) is 6.75. The summed E-state index contributed by atoms with van der Waals surface area (Å²) in [6.45, 7) is 3.12. The Balaban J connectivity index is 1.92. The molecular weight excluding hydrogens is 372 g/mol. The van der Waals surface area contributed by atoms with Crippen LogP contribution in [0.2, 0.25) is 0 Å². The lowest BCUT2D eigenvalue weighted by molar-refractivity contribution is -0.152. The summed E-state index contributed by atoms with van der Waals surface area (Å²) in [6.07, 6.45) is -0.736. The fourth-order valence-electron chi connectivity index (χ4n) is 2.31. The number of benzene rings is 2. The largest absolute Gasteiger partial charge is 0.444 e. The Morgan fingerprint density at radius 2 is 1.48 bits per heavy atom. The summed E-state index contributed by atoms with van der Waals surface area (Å²) in [7, 11) is 0. The molecule has 2 aromatic carbocycles. The minimum atomic E-state index is -0.736. The van der Waals surface area contributed by atoms with Crippen LogP contribution in [0.1, 0.15) is 25.0 Å². The molecule has 2 amide bonds. The summed E-state index contributed by atoms with van der Waals surface area (Å²) < 4.78 is 10.4. The van der Waals surface area contributed by atoms with Crippen molar-refractivity contribution >= 4 is 18.0 Å². The molecule has 0 aliphatic carbocycles. The third-order valence-corrected chi connectivity index (χ3v) is 3.96. The van der Waals surface area contributed by atoms with E-state index in [-0.39, 0.29) is 31.7 Å². The Labute approximate surface area is 170 Å². The first-order valence-electron chi connectivity index (χ1n) is 9.38. The molecule has 0 heterocycles. The average Bonchev–Trinajstić information content (AvgIpc) is 2.74. The van der Waals surface area contributed by atoms with Crippen molar-refractivity contribution in [2.75, 3.05) is 13.3 Å². The van der Waals surface area contributed by atoms with Crippen LogP contribution in [0.4, 0.5) is 4.79 Å². The molecule has 7 heteroatoms. The highest BCUT2D eigenvalue weighted by molar-refractivity contribution is 5.82. The predicted molar refractivity (Wildman–Crippen MR) is 107 cm³/mol. The van der Waals surface area contributed by atoms with Gasteiger partial charge in [0.2, 0.25) is 5.91 Å². The Morgan fingerprint density at radius 1 is 0.897 bits per heavy atom. The molecule has 2 aromatic rings. The lowest BCUT2D eigenvalue weighted by Gasteiger charge is -2.22. The normalized spacial score (nSPS) is 10.3. The first-order valence-corrected chi connectivity index (χ1v) is 9.38. The highest BCUT2D eigenvalue weighted by Crippen LogP contribution is 2.05. The minimum Gasteiger partial charge on any atom is -0.444 e. The van der Waals surface area contributed by atoms with Gasteiger partial charge < -0.3 is 14.8 Å². The second kappa shape index (κ2) is 11.5. The average molecular weight is 398 g/mol. The third kappa shape index (κ3) is 8.04. The van der Waals surface area contributed by atoms with E-state index in [0.29, 0.717) is 6.54 Å². The molecule has 0 fully saturated rings. The highest BCUT2D eigenvalue weighted by Gasteiger charge is 2.21. The summed E-state index contributed by atoms with van der Waals surface area (Å²) in [6, 6.07) is 18.6. The number of hydrogen-bond donors (Lipinski definition) is 1. The second-order valence-corrected chi connectivity index (χ2v) is 6.75. The van der Waals surface area contributed by atoms with Gasteiger partial charge in [0.05, 0.1) is 5.92 Å². The zero-order chi connectivity index (χ0) is 21.1. The Hall–Kier alpha value is -3.35. The molecule has 2 rings (SSSR count). The molecule has 0 unspecified atom stereocenters. The van der Waals surface area contributed by atoms with E-state index in [1.807, 2.05) is 60.7 Å². The summed E-state index contributed by atoms with van der Waals surface area (Å²) >= 11 is 0. The maximum atomic E-state index is 12.4. The van der Waals surface area contributed by atoms with E-state index in [4.69, 9.17) is 9.47 Å². The summed E-state index contributed by atoms with van der Waals surface area (Å²) in [5.41, 5.74) is 1.75. The third-order valence-electron chi connectivity index (χ3n) is 3.96. The van der Waals surface area contributed by atoms with Crippen LogP contribution in [0.15, 0.2) is 60.7 Å². The van der Waals surface area contributed by atoms with Gasteiger partial charge in [-0.3, -0.25) is 14.5 Å². The molecule has 0 aromatic heterocycles. The minimum absolute atomic E-state index is 0.0555. The topological polar surface area (TPSA) is 84.9 Å². The SMILES string of the molecule is CC(C)C(=O)OCN(CC(=O)NCc1ccccc1)C(=O)OCc1ccccc1. The van der Waals surface area contributed by atoms with Crippen LogP contribution in [0.3, 0.4) is 0 Å². The summed E-state index contributed by atoms with van der Waals surface area (Å²) in [5.74, 6) is -1.19. The molecule has 0 aliphatic rings. The van der Waals surface area contributed by atoms with E-state index in [1.54, 1.807) is 13.8 Å². The maximum absolute atomic E-state index is 12.4. The predicted octanol–water partition coefficient (Wildman–Crippen LogP) is 3.10. The number of rotatable bonds is 9. The van der Waals surface area contributed by atoms with Crippen molar-refractivity contribution in [3.8, 4) is 0 Å². The number of esters is 1. The standard InChI is InChI=1S/C22H26N2O5/c1-17(2)21(26)29-16-24(22(27)28-15-19-11-7-4-8-12-19)14-20(25)23-13-18-9-5-3-6-10-18/h3-12,17H,13-16H2,1-2H3,(H,23,25). The summed E-state index contributed by atoms with van der Waals surface area (Å²) in [4.78, 5) is 37.5. The number of carbonyl (C=O) groups is 3. The van der Waals surface area contributed by atoms with Crippen molar-refractivity contribution in [1.82, 2.24) is 10.2 Å². The van der Waals surface area contributed by atoms with Crippen LogP contribution in [-0.4, -0.2) is 36.1 Å². The molecule has 0 saturated carbocycles. The highest BCUT2D eigenvalue weighted by atomic mass is 16.6. The van der Waals surface area contributed by atoms with E-state index >= 15 is 0 Å². The first-order chi connectivity index (χ1) is 14.0. The fraction of sp³-hybridized carbons (Fsp3) is 0.318. The van der Waals surface area contributed by atoms with Gasteiger partial charge in [0, 0.05) is 6.54 Å². The van der Waals surface area contributed by atoms with E-state index in [2.05, 4.69) is 5.32 Å². The lowest BCUT2D eigenvalue weighted by atomic mass is 10.2. The number of ether oxygens (including phenoxy) is 2. The molecule has 0 aliphatic heterocycles. The molecule has 0 saturated heterocycles. The monoisotopic (exact) mass is 398 g/mol. The van der Waals surface area contributed by atoms with E-state index in [9.17, 15) is 14.4 Å². The van der Waals surface area contributed by atoms with Crippen LogP contribution in [0.25, 0.3) is 0 Å². The van der Waals surface area contributed by atoms with Crippen LogP contribution in [0, 0.1) is 5.92 Å². The number of nitrogens with zero attached hydrogens (tertiary/aromatic N) is 1. The van der Waals surface area contributed by atoms with Gasteiger partial charge in [-0.1, -0.05) is 74.5 Å². The Bertz CT molecular complexity index is 793. The van der Waals surface area contributed by atoms with Gasteiger partial charge in [0.25, 0.3) is 0 Å². The van der Waals surface area contributed by atoms with Crippen molar-refractivity contribution in [3.63, 3.8) is 0 Å². The zero-order valence-corrected chi connectivity index (χ0v) is 16.7. The fourth-order valence-corrected chi connectivity index (χ4v) is 2.31.